The lowest BCUT2D eigenvalue weighted by Crippen LogP contribution is -2.54. The van der Waals surface area contributed by atoms with Gasteiger partial charge in [0.15, 0.2) is 0 Å². The molecule has 24 heavy (non-hydrogen) atoms. The second-order valence-corrected chi connectivity index (χ2v) is 7.22. The number of nitrogens with zero attached hydrogens (tertiary/aromatic N) is 1. The summed E-state index contributed by atoms with van der Waals surface area (Å²) >= 11 is 4.78. The number of benzene rings is 1. The van der Waals surface area contributed by atoms with Gasteiger partial charge in [-0.15, -0.1) is 11.3 Å². The molecule has 0 spiro atoms. The van der Waals surface area contributed by atoms with Crippen LogP contribution in [0.2, 0.25) is 0 Å². The number of nitrogens with one attached hydrogen (secondary N) is 1. The van der Waals surface area contributed by atoms with E-state index in [2.05, 4.69) is 21.2 Å². The van der Waals surface area contributed by atoms with Gasteiger partial charge in [0.1, 0.15) is 5.57 Å². The van der Waals surface area contributed by atoms with Crippen molar-refractivity contribution in [3.05, 3.63) is 55.7 Å². The SMILES string of the molecule is Cc1cc(Br)ccc1N1C(=O)NC(=O)/C(=C\c2sccc2C)C1=O. The second-order valence-electron chi connectivity index (χ2n) is 5.36. The first-order valence-electron chi connectivity index (χ1n) is 7.10. The van der Waals surface area contributed by atoms with Crippen molar-refractivity contribution in [2.45, 2.75) is 13.8 Å². The van der Waals surface area contributed by atoms with Gasteiger partial charge in [-0.3, -0.25) is 14.9 Å². The Kier molecular flexibility index (Phi) is 4.38. The Labute approximate surface area is 151 Å². The zero-order valence-corrected chi connectivity index (χ0v) is 15.3. The quantitative estimate of drug-likeness (QED) is 0.611. The van der Waals surface area contributed by atoms with Crippen molar-refractivity contribution in [1.82, 2.24) is 5.32 Å². The van der Waals surface area contributed by atoms with Crippen molar-refractivity contribution < 1.29 is 14.4 Å². The van der Waals surface area contributed by atoms with Gasteiger partial charge in [0.2, 0.25) is 0 Å². The molecule has 1 saturated heterocycles. The fraction of sp³-hybridized carbons (Fsp3) is 0.118. The first-order valence-corrected chi connectivity index (χ1v) is 8.77. The highest BCUT2D eigenvalue weighted by Gasteiger charge is 2.37. The topological polar surface area (TPSA) is 66.5 Å². The van der Waals surface area contributed by atoms with Crippen LogP contribution in [-0.4, -0.2) is 17.8 Å². The summed E-state index contributed by atoms with van der Waals surface area (Å²) in [7, 11) is 0. The second kappa shape index (κ2) is 6.33. The van der Waals surface area contributed by atoms with E-state index in [1.54, 1.807) is 25.1 Å². The van der Waals surface area contributed by atoms with Crippen LogP contribution in [0.4, 0.5) is 10.5 Å². The van der Waals surface area contributed by atoms with E-state index in [0.29, 0.717) is 5.69 Å². The van der Waals surface area contributed by atoms with Gasteiger partial charge in [-0.25, -0.2) is 9.69 Å². The molecule has 5 nitrogen and oxygen atoms in total. The minimum atomic E-state index is -0.740. The third-order valence-corrected chi connectivity index (χ3v) is 5.14. The van der Waals surface area contributed by atoms with Crippen LogP contribution in [0.1, 0.15) is 16.0 Å². The molecule has 1 aromatic carbocycles. The number of hydrogen-bond acceptors (Lipinski definition) is 4. The molecule has 4 amide bonds. The van der Waals surface area contributed by atoms with Gasteiger partial charge < -0.3 is 0 Å². The molecule has 0 saturated carbocycles. The summed E-state index contributed by atoms with van der Waals surface area (Å²) in [4.78, 5) is 38.9. The molecule has 1 aromatic heterocycles. The minimum Gasteiger partial charge on any atom is -0.273 e. The lowest BCUT2D eigenvalue weighted by Gasteiger charge is -2.27. The van der Waals surface area contributed by atoms with Crippen LogP contribution < -0.4 is 10.2 Å². The van der Waals surface area contributed by atoms with Crippen LogP contribution in [0.3, 0.4) is 0 Å². The average Bonchev–Trinajstić information content (AvgIpc) is 2.90. The largest absolute Gasteiger partial charge is 0.335 e. The van der Waals surface area contributed by atoms with E-state index in [0.717, 1.165) is 25.4 Å². The Bertz CT molecular complexity index is 901. The molecule has 0 radical (unpaired) electrons. The molecular weight excluding hydrogens is 392 g/mol. The van der Waals surface area contributed by atoms with E-state index in [1.807, 2.05) is 18.4 Å². The summed E-state index contributed by atoms with van der Waals surface area (Å²) in [6, 6.07) is 6.38. The molecule has 1 fully saturated rings. The molecule has 7 heteroatoms. The highest BCUT2D eigenvalue weighted by atomic mass is 79.9. The number of barbiturate groups is 1. The minimum absolute atomic E-state index is 0.0533. The molecule has 2 aromatic rings. The fourth-order valence-electron chi connectivity index (χ4n) is 2.41. The number of carbonyl (C=O) groups is 3. The van der Waals surface area contributed by atoms with Crippen molar-refractivity contribution in [3.63, 3.8) is 0 Å². The third-order valence-electron chi connectivity index (χ3n) is 3.68. The molecule has 0 atom stereocenters. The number of aryl methyl sites for hydroxylation is 2. The zero-order chi connectivity index (χ0) is 17.4. The third kappa shape index (κ3) is 2.92. The van der Waals surface area contributed by atoms with E-state index < -0.39 is 17.8 Å². The van der Waals surface area contributed by atoms with Gasteiger partial charge in [0.05, 0.1) is 5.69 Å². The van der Waals surface area contributed by atoms with E-state index in [4.69, 9.17) is 0 Å². The van der Waals surface area contributed by atoms with Crippen LogP contribution in [0.5, 0.6) is 0 Å². The summed E-state index contributed by atoms with van der Waals surface area (Å²) in [5.74, 6) is -1.30. The Morgan fingerprint density at radius 3 is 2.50 bits per heavy atom. The van der Waals surface area contributed by atoms with Gasteiger partial charge in [0.25, 0.3) is 11.8 Å². The normalized spacial score (nSPS) is 16.7. The standard InChI is InChI=1S/C17H13BrN2O3S/c1-9-5-6-24-14(9)8-12-15(21)19-17(23)20(16(12)22)13-4-3-11(18)7-10(13)2/h3-8H,1-2H3,(H,19,21,23)/b12-8+. The molecule has 1 N–H and O–H groups in total. The summed E-state index contributed by atoms with van der Waals surface area (Å²) in [6.45, 7) is 3.69. The Morgan fingerprint density at radius 1 is 1.12 bits per heavy atom. The molecule has 0 unspecified atom stereocenters. The average molecular weight is 405 g/mol. The smallest absolute Gasteiger partial charge is 0.273 e. The number of hydrogen-bond donors (Lipinski definition) is 1. The monoisotopic (exact) mass is 404 g/mol. The molecule has 122 valence electrons. The first-order chi connectivity index (χ1) is 11.4. The number of halogens is 1. The van der Waals surface area contributed by atoms with E-state index in [-0.39, 0.29) is 5.57 Å². The lowest BCUT2D eigenvalue weighted by atomic mass is 10.1. The van der Waals surface area contributed by atoms with Crippen LogP contribution in [0, 0.1) is 13.8 Å². The first kappa shape index (κ1) is 16.6. The van der Waals surface area contributed by atoms with Crippen LogP contribution >= 0.6 is 27.3 Å². The van der Waals surface area contributed by atoms with Gasteiger partial charge in [-0.1, -0.05) is 15.9 Å². The van der Waals surface area contributed by atoms with E-state index in [9.17, 15) is 14.4 Å². The molecule has 3 rings (SSSR count). The maximum Gasteiger partial charge on any atom is 0.335 e. The number of imide groups is 2. The van der Waals surface area contributed by atoms with E-state index in [1.165, 1.54) is 17.4 Å². The maximum absolute atomic E-state index is 12.8. The van der Waals surface area contributed by atoms with Crippen molar-refractivity contribution in [2.24, 2.45) is 0 Å². The molecule has 0 bridgehead atoms. The van der Waals surface area contributed by atoms with Gasteiger partial charge in [0, 0.05) is 9.35 Å². The molecule has 2 heterocycles. The lowest BCUT2D eigenvalue weighted by molar-refractivity contribution is -0.122. The number of rotatable bonds is 2. The Morgan fingerprint density at radius 2 is 1.88 bits per heavy atom. The summed E-state index contributed by atoms with van der Waals surface area (Å²) in [5, 5.41) is 4.12. The van der Waals surface area contributed by atoms with Crippen molar-refractivity contribution in [3.8, 4) is 0 Å². The Hall–Kier alpha value is -2.25. The highest BCUT2D eigenvalue weighted by Crippen LogP contribution is 2.28. The predicted octanol–water partition coefficient (Wildman–Crippen LogP) is 3.79. The van der Waals surface area contributed by atoms with Crippen molar-refractivity contribution >= 4 is 56.9 Å². The van der Waals surface area contributed by atoms with Crippen LogP contribution in [-0.2, 0) is 9.59 Å². The molecular formula is C17H13BrN2O3S. The van der Waals surface area contributed by atoms with E-state index >= 15 is 0 Å². The number of anilines is 1. The zero-order valence-electron chi connectivity index (χ0n) is 12.9. The molecule has 1 aliphatic heterocycles. The van der Waals surface area contributed by atoms with Gasteiger partial charge in [-0.05, 0) is 60.7 Å². The molecule has 0 aliphatic carbocycles. The predicted molar refractivity (Wildman–Crippen MR) is 96.9 cm³/mol. The van der Waals surface area contributed by atoms with Crippen LogP contribution in [0.15, 0.2) is 39.7 Å². The van der Waals surface area contributed by atoms with Crippen molar-refractivity contribution in [1.29, 1.82) is 0 Å². The Balaban J connectivity index is 2.06. The summed E-state index contributed by atoms with van der Waals surface area (Å²) in [6.07, 6.45) is 1.53. The number of amides is 4. The maximum atomic E-state index is 12.8. The molecule has 1 aliphatic rings. The van der Waals surface area contributed by atoms with Gasteiger partial charge in [-0.2, -0.15) is 0 Å². The van der Waals surface area contributed by atoms with Crippen LogP contribution in [0.25, 0.3) is 6.08 Å². The number of thiophene rings is 1. The summed E-state index contributed by atoms with van der Waals surface area (Å²) in [5.41, 5.74) is 2.11. The van der Waals surface area contributed by atoms with Crippen molar-refractivity contribution in [2.75, 3.05) is 4.90 Å². The van der Waals surface area contributed by atoms with Gasteiger partial charge >= 0.3 is 6.03 Å². The highest BCUT2D eigenvalue weighted by molar-refractivity contribution is 9.10. The number of carbonyl (C=O) groups excluding carboxylic acids is 3. The number of urea groups is 1. The fourth-order valence-corrected chi connectivity index (χ4v) is 3.74. The summed E-state index contributed by atoms with van der Waals surface area (Å²) < 4.78 is 0.842.